The molecule has 2 aliphatic heterocycles. The van der Waals surface area contributed by atoms with Crippen molar-refractivity contribution in [2.75, 3.05) is 32.8 Å². The minimum absolute atomic E-state index is 0.283. The van der Waals surface area contributed by atoms with E-state index in [1.165, 1.54) is 0 Å². The van der Waals surface area contributed by atoms with Gasteiger partial charge in [0, 0.05) is 12.8 Å². The lowest BCUT2D eigenvalue weighted by Gasteiger charge is -2.38. The van der Waals surface area contributed by atoms with Crippen molar-refractivity contribution in [1.82, 2.24) is 4.90 Å². The van der Waals surface area contributed by atoms with E-state index >= 15 is 0 Å². The van der Waals surface area contributed by atoms with E-state index in [9.17, 15) is 0 Å². The second-order valence-electron chi connectivity index (χ2n) is 4.29. The molecule has 3 heteroatoms. The third-order valence-electron chi connectivity index (χ3n) is 3.11. The van der Waals surface area contributed by atoms with Crippen LogP contribution in [0.5, 0.6) is 0 Å². The second-order valence-corrected chi connectivity index (χ2v) is 4.29. The molecule has 0 unspecified atom stereocenters. The van der Waals surface area contributed by atoms with E-state index in [0.29, 0.717) is 0 Å². The van der Waals surface area contributed by atoms with Gasteiger partial charge in [-0.05, 0) is 25.9 Å². The number of nitrogens with zero attached hydrogens (tertiary/aromatic N) is 1. The summed E-state index contributed by atoms with van der Waals surface area (Å²) in [5.74, 6) is 2.40. The van der Waals surface area contributed by atoms with E-state index < -0.39 is 0 Å². The van der Waals surface area contributed by atoms with Crippen LogP contribution in [0.25, 0.3) is 0 Å². The van der Waals surface area contributed by atoms with Crippen molar-refractivity contribution in [3.63, 3.8) is 0 Å². The molecule has 0 aliphatic carbocycles. The van der Waals surface area contributed by atoms with Gasteiger partial charge in [-0.2, -0.15) is 0 Å². The lowest BCUT2D eigenvalue weighted by Crippen LogP contribution is -2.49. The van der Waals surface area contributed by atoms with Gasteiger partial charge in [-0.15, -0.1) is 12.3 Å². The summed E-state index contributed by atoms with van der Waals surface area (Å²) < 4.78 is 11.4. The van der Waals surface area contributed by atoms with Crippen LogP contribution >= 0.6 is 0 Å². The number of hydrogen-bond donors (Lipinski definition) is 0. The first kappa shape index (κ1) is 10.9. The highest BCUT2D eigenvalue weighted by molar-refractivity contribution is 4.86. The van der Waals surface area contributed by atoms with E-state index in [2.05, 4.69) is 10.8 Å². The summed E-state index contributed by atoms with van der Waals surface area (Å²) in [4.78, 5) is 2.41. The first-order valence-corrected chi connectivity index (χ1v) is 5.78. The molecule has 1 spiro atoms. The van der Waals surface area contributed by atoms with Crippen LogP contribution in [0.2, 0.25) is 0 Å². The van der Waals surface area contributed by atoms with Crippen LogP contribution < -0.4 is 0 Å². The monoisotopic (exact) mass is 209 g/mol. The average molecular weight is 209 g/mol. The van der Waals surface area contributed by atoms with Gasteiger partial charge in [0.15, 0.2) is 5.79 Å². The summed E-state index contributed by atoms with van der Waals surface area (Å²) in [6, 6.07) is 0. The Balaban J connectivity index is 1.79. The molecule has 2 fully saturated rings. The molecule has 0 bridgehead atoms. The van der Waals surface area contributed by atoms with Crippen LogP contribution in [0.4, 0.5) is 0 Å². The van der Waals surface area contributed by atoms with Crippen molar-refractivity contribution in [3.05, 3.63) is 0 Å². The Kier molecular flexibility index (Phi) is 3.63. The van der Waals surface area contributed by atoms with Crippen molar-refractivity contribution >= 4 is 0 Å². The number of likely N-dealkylation sites (tertiary alicyclic amines) is 1. The lowest BCUT2D eigenvalue weighted by atomic mass is 10.0. The molecule has 0 aromatic heterocycles. The highest BCUT2D eigenvalue weighted by atomic mass is 16.7. The maximum absolute atomic E-state index is 5.71. The topological polar surface area (TPSA) is 21.7 Å². The second kappa shape index (κ2) is 4.98. The number of unbranched alkanes of at least 4 members (excludes halogenated alkanes) is 1. The molecule has 0 aromatic rings. The van der Waals surface area contributed by atoms with Crippen LogP contribution in [-0.2, 0) is 9.47 Å². The molecule has 2 saturated heterocycles. The van der Waals surface area contributed by atoms with Crippen molar-refractivity contribution in [2.24, 2.45) is 0 Å². The fourth-order valence-corrected chi connectivity index (χ4v) is 2.40. The smallest absolute Gasteiger partial charge is 0.181 e. The molecule has 0 N–H and O–H groups in total. The average Bonchev–Trinajstić information content (AvgIpc) is 2.67. The van der Waals surface area contributed by atoms with Crippen LogP contribution in [-0.4, -0.2) is 43.5 Å². The molecule has 0 saturated carbocycles. The van der Waals surface area contributed by atoms with Gasteiger partial charge in [-0.3, -0.25) is 4.90 Å². The number of ether oxygens (including phenoxy) is 2. The molecule has 3 nitrogen and oxygen atoms in total. The Morgan fingerprint density at radius 1 is 1.33 bits per heavy atom. The largest absolute Gasteiger partial charge is 0.346 e. The first-order valence-electron chi connectivity index (χ1n) is 5.78. The van der Waals surface area contributed by atoms with Gasteiger partial charge < -0.3 is 9.47 Å². The summed E-state index contributed by atoms with van der Waals surface area (Å²) in [5.41, 5.74) is 0. The fraction of sp³-hybridized carbons (Fsp3) is 0.833. The van der Waals surface area contributed by atoms with E-state index in [1.807, 2.05) is 0 Å². The molecule has 15 heavy (non-hydrogen) atoms. The zero-order valence-corrected chi connectivity index (χ0v) is 9.21. The van der Waals surface area contributed by atoms with Gasteiger partial charge in [-0.25, -0.2) is 0 Å². The quantitative estimate of drug-likeness (QED) is 0.515. The Labute approximate surface area is 91.7 Å². The van der Waals surface area contributed by atoms with E-state index in [0.717, 1.165) is 58.5 Å². The van der Waals surface area contributed by atoms with Crippen LogP contribution in [0, 0.1) is 12.3 Å². The normalized spacial score (nSPS) is 25.5. The van der Waals surface area contributed by atoms with E-state index in [1.54, 1.807) is 0 Å². The van der Waals surface area contributed by atoms with Crippen molar-refractivity contribution in [1.29, 1.82) is 0 Å². The summed E-state index contributed by atoms with van der Waals surface area (Å²) in [6.07, 6.45) is 9.39. The number of rotatable bonds is 3. The van der Waals surface area contributed by atoms with Gasteiger partial charge in [0.1, 0.15) is 0 Å². The minimum Gasteiger partial charge on any atom is -0.346 e. The van der Waals surface area contributed by atoms with Crippen LogP contribution in [0.15, 0.2) is 0 Å². The molecular formula is C12H19NO2. The standard InChI is InChI=1S/C12H19NO2/c1-2-3-4-7-13-8-5-6-12(11-13)14-9-10-15-12/h1H,3-11H2. The number of piperidine rings is 1. The SMILES string of the molecule is C#CCCCN1CCCC2(C1)OCCO2. The lowest BCUT2D eigenvalue weighted by molar-refractivity contribution is -0.189. The fourth-order valence-electron chi connectivity index (χ4n) is 2.40. The van der Waals surface area contributed by atoms with E-state index in [4.69, 9.17) is 15.9 Å². The molecular weight excluding hydrogens is 190 g/mol. The van der Waals surface area contributed by atoms with Crippen molar-refractivity contribution in [2.45, 2.75) is 31.5 Å². The van der Waals surface area contributed by atoms with Gasteiger partial charge in [0.25, 0.3) is 0 Å². The summed E-state index contributed by atoms with van der Waals surface area (Å²) in [6.45, 7) is 4.63. The summed E-state index contributed by atoms with van der Waals surface area (Å²) in [7, 11) is 0. The van der Waals surface area contributed by atoms with Gasteiger partial charge >= 0.3 is 0 Å². The highest BCUT2D eigenvalue weighted by Gasteiger charge is 2.40. The zero-order chi connectivity index (χ0) is 10.6. The van der Waals surface area contributed by atoms with Crippen LogP contribution in [0.3, 0.4) is 0 Å². The molecule has 0 amide bonds. The molecule has 0 radical (unpaired) electrons. The Bertz CT molecular complexity index is 240. The maximum atomic E-state index is 5.71. The van der Waals surface area contributed by atoms with Crippen LogP contribution in [0.1, 0.15) is 25.7 Å². The molecule has 84 valence electrons. The Morgan fingerprint density at radius 3 is 2.87 bits per heavy atom. The Hall–Kier alpha value is -0.560. The first-order chi connectivity index (χ1) is 7.35. The zero-order valence-electron chi connectivity index (χ0n) is 9.21. The molecule has 0 atom stereocenters. The number of terminal acetylenes is 1. The van der Waals surface area contributed by atoms with Crippen molar-refractivity contribution in [3.8, 4) is 12.3 Å². The third-order valence-corrected chi connectivity index (χ3v) is 3.11. The number of hydrogen-bond acceptors (Lipinski definition) is 3. The summed E-state index contributed by atoms with van der Waals surface area (Å²) in [5, 5.41) is 0. The molecule has 2 rings (SSSR count). The maximum Gasteiger partial charge on any atom is 0.181 e. The Morgan fingerprint density at radius 2 is 2.13 bits per heavy atom. The minimum atomic E-state index is -0.283. The van der Waals surface area contributed by atoms with Gasteiger partial charge in [0.05, 0.1) is 19.8 Å². The molecule has 2 heterocycles. The predicted molar refractivity (Wildman–Crippen MR) is 58.4 cm³/mol. The van der Waals surface area contributed by atoms with Gasteiger partial charge in [-0.1, -0.05) is 0 Å². The highest BCUT2D eigenvalue weighted by Crippen LogP contribution is 2.29. The molecule has 0 aromatic carbocycles. The predicted octanol–water partition coefficient (Wildman–Crippen LogP) is 1.24. The molecule has 2 aliphatic rings. The van der Waals surface area contributed by atoms with Crippen molar-refractivity contribution < 1.29 is 9.47 Å². The van der Waals surface area contributed by atoms with Gasteiger partial charge in [0.2, 0.25) is 0 Å². The summed E-state index contributed by atoms with van der Waals surface area (Å²) >= 11 is 0. The van der Waals surface area contributed by atoms with E-state index in [-0.39, 0.29) is 5.79 Å². The third kappa shape index (κ3) is 2.72.